The van der Waals surface area contributed by atoms with Crippen LogP contribution in [0.5, 0.6) is 0 Å². The number of benzene rings is 1. The van der Waals surface area contributed by atoms with E-state index in [1.165, 1.54) is 12.1 Å². The predicted molar refractivity (Wildman–Crippen MR) is 74.4 cm³/mol. The van der Waals surface area contributed by atoms with E-state index in [4.69, 9.17) is 0 Å². The largest absolute Gasteiger partial charge is 0.338 e. The molecule has 0 aliphatic carbocycles. The molecule has 0 spiro atoms. The minimum atomic E-state index is -0.520. The second-order valence-corrected chi connectivity index (χ2v) is 4.86. The quantitative estimate of drug-likeness (QED) is 0.912. The Morgan fingerprint density at radius 2 is 2.10 bits per heavy atom. The third-order valence-corrected chi connectivity index (χ3v) is 3.43. The van der Waals surface area contributed by atoms with Gasteiger partial charge in [-0.15, -0.1) is 0 Å². The molecule has 1 aromatic carbocycles. The molecule has 3 nitrogen and oxygen atoms in total. The summed E-state index contributed by atoms with van der Waals surface area (Å²) in [6.07, 6.45) is 3.94. The van der Waals surface area contributed by atoms with Crippen molar-refractivity contribution in [3.63, 3.8) is 0 Å². The van der Waals surface area contributed by atoms with Crippen molar-refractivity contribution >= 4 is 0 Å². The van der Waals surface area contributed by atoms with E-state index in [2.05, 4.69) is 10.3 Å². The van der Waals surface area contributed by atoms with Gasteiger partial charge in [-0.2, -0.15) is 0 Å². The number of aryl methyl sites for hydroxylation is 2. The van der Waals surface area contributed by atoms with Crippen LogP contribution >= 0.6 is 0 Å². The van der Waals surface area contributed by atoms with Gasteiger partial charge in [0.25, 0.3) is 0 Å². The summed E-state index contributed by atoms with van der Waals surface area (Å²) in [4.78, 5) is 4.22. The average molecular weight is 279 g/mol. The third-order valence-electron chi connectivity index (χ3n) is 3.43. The molecule has 1 aromatic heterocycles. The van der Waals surface area contributed by atoms with Crippen molar-refractivity contribution in [2.45, 2.75) is 26.3 Å². The highest BCUT2D eigenvalue weighted by Gasteiger charge is 2.22. The highest BCUT2D eigenvalue weighted by molar-refractivity contribution is 5.30. The first-order valence-electron chi connectivity index (χ1n) is 6.68. The van der Waals surface area contributed by atoms with Crippen LogP contribution in [-0.2, 0) is 13.5 Å². The lowest BCUT2D eigenvalue weighted by Gasteiger charge is -2.20. The first kappa shape index (κ1) is 14.7. The normalized spacial score (nSPS) is 12.7. The molecule has 2 aromatic rings. The van der Waals surface area contributed by atoms with Crippen molar-refractivity contribution in [1.29, 1.82) is 0 Å². The van der Waals surface area contributed by atoms with Crippen LogP contribution < -0.4 is 5.32 Å². The van der Waals surface area contributed by atoms with Crippen LogP contribution in [0.25, 0.3) is 0 Å². The smallest absolute Gasteiger partial charge is 0.133 e. The minimum Gasteiger partial charge on any atom is -0.338 e. The molecule has 1 N–H and O–H groups in total. The van der Waals surface area contributed by atoms with E-state index in [0.29, 0.717) is 18.5 Å². The summed E-state index contributed by atoms with van der Waals surface area (Å²) in [6, 6.07) is 2.34. The van der Waals surface area contributed by atoms with Crippen molar-refractivity contribution in [2.24, 2.45) is 7.05 Å². The monoisotopic (exact) mass is 279 g/mol. The first-order chi connectivity index (χ1) is 9.54. The zero-order chi connectivity index (χ0) is 14.7. The molecular weight excluding hydrogens is 260 g/mol. The fraction of sp³-hybridized carbons (Fsp3) is 0.400. The molecule has 0 amide bonds. The lowest BCUT2D eigenvalue weighted by atomic mass is 9.99. The zero-order valence-corrected chi connectivity index (χ0v) is 12.0. The molecule has 0 saturated carbocycles. The fourth-order valence-corrected chi connectivity index (χ4v) is 2.30. The van der Waals surface area contributed by atoms with E-state index < -0.39 is 17.7 Å². The Morgan fingerprint density at radius 3 is 2.70 bits per heavy atom. The number of hydrogen-bond donors (Lipinski definition) is 1. The van der Waals surface area contributed by atoms with Gasteiger partial charge >= 0.3 is 0 Å². The summed E-state index contributed by atoms with van der Waals surface area (Å²) in [5.41, 5.74) is 0.541. The molecule has 20 heavy (non-hydrogen) atoms. The minimum absolute atomic E-state index is 0.0925. The van der Waals surface area contributed by atoms with E-state index in [-0.39, 0.29) is 5.56 Å². The average Bonchev–Trinajstić information content (AvgIpc) is 2.80. The Hall–Kier alpha value is -1.75. The lowest BCUT2D eigenvalue weighted by Crippen LogP contribution is -2.26. The van der Waals surface area contributed by atoms with Crippen LogP contribution in [0.4, 0.5) is 8.78 Å². The lowest BCUT2D eigenvalue weighted by molar-refractivity contribution is 0.461. The Labute approximate surface area is 117 Å². The molecule has 108 valence electrons. The van der Waals surface area contributed by atoms with Crippen molar-refractivity contribution in [3.05, 3.63) is 53.1 Å². The molecule has 0 saturated heterocycles. The maximum atomic E-state index is 14.3. The molecule has 0 fully saturated rings. The number of aromatic nitrogens is 2. The summed E-state index contributed by atoms with van der Waals surface area (Å²) < 4.78 is 30.1. The topological polar surface area (TPSA) is 29.9 Å². The molecule has 1 heterocycles. The zero-order valence-electron chi connectivity index (χ0n) is 12.0. The van der Waals surface area contributed by atoms with Crippen LogP contribution in [-0.4, -0.2) is 16.1 Å². The van der Waals surface area contributed by atoms with Gasteiger partial charge in [0.1, 0.15) is 17.5 Å². The van der Waals surface area contributed by atoms with Crippen molar-refractivity contribution in [2.75, 3.05) is 6.54 Å². The van der Waals surface area contributed by atoms with Gasteiger partial charge in [-0.25, -0.2) is 13.8 Å². The summed E-state index contributed by atoms with van der Waals surface area (Å²) in [5, 5.41) is 3.14. The Bertz CT molecular complexity index is 593. The Balaban J connectivity index is 2.38. The van der Waals surface area contributed by atoms with E-state index in [1.54, 1.807) is 13.1 Å². The summed E-state index contributed by atoms with van der Waals surface area (Å²) in [5.74, 6) is -0.213. The molecular formula is C15H19F2N3. The van der Waals surface area contributed by atoms with Gasteiger partial charge in [0.15, 0.2) is 0 Å². The molecule has 0 radical (unpaired) electrons. The molecule has 5 heteroatoms. The molecule has 2 rings (SSSR count). The molecule has 1 atom stereocenters. The number of halogens is 2. The number of hydrogen-bond acceptors (Lipinski definition) is 2. The van der Waals surface area contributed by atoms with Gasteiger partial charge in [-0.05, 0) is 25.1 Å². The standard InChI is InChI=1S/C15H19F2N3/c1-4-18-12(9-13-19-7-8-20(13)3)14-11(16)6-5-10(2)15(14)17/h5-8,12,18H,4,9H2,1-3H3. The summed E-state index contributed by atoms with van der Waals surface area (Å²) in [7, 11) is 1.87. The number of nitrogens with zero attached hydrogens (tertiary/aromatic N) is 2. The first-order valence-corrected chi connectivity index (χ1v) is 6.68. The predicted octanol–water partition coefficient (Wildman–Crippen LogP) is 2.90. The molecule has 0 bridgehead atoms. The fourth-order valence-electron chi connectivity index (χ4n) is 2.30. The van der Waals surface area contributed by atoms with Gasteiger partial charge in [-0.1, -0.05) is 13.0 Å². The van der Waals surface area contributed by atoms with Crippen LogP contribution in [0.1, 0.15) is 29.9 Å². The number of rotatable bonds is 5. The van der Waals surface area contributed by atoms with Crippen molar-refractivity contribution in [3.8, 4) is 0 Å². The van der Waals surface area contributed by atoms with E-state index >= 15 is 0 Å². The second-order valence-electron chi connectivity index (χ2n) is 4.86. The van der Waals surface area contributed by atoms with Gasteiger partial charge in [0.2, 0.25) is 0 Å². The number of likely N-dealkylation sites (N-methyl/N-ethyl adjacent to an activating group) is 1. The molecule has 1 unspecified atom stereocenters. The van der Waals surface area contributed by atoms with Crippen LogP contribution in [0, 0.1) is 18.6 Å². The highest BCUT2D eigenvalue weighted by atomic mass is 19.1. The van der Waals surface area contributed by atoms with Crippen molar-refractivity contribution in [1.82, 2.24) is 14.9 Å². The third kappa shape index (κ3) is 2.88. The van der Waals surface area contributed by atoms with Crippen LogP contribution in [0.2, 0.25) is 0 Å². The van der Waals surface area contributed by atoms with Crippen LogP contribution in [0.3, 0.4) is 0 Å². The van der Waals surface area contributed by atoms with Crippen molar-refractivity contribution < 1.29 is 8.78 Å². The van der Waals surface area contributed by atoms with Gasteiger partial charge in [-0.3, -0.25) is 0 Å². The maximum Gasteiger partial charge on any atom is 0.133 e. The van der Waals surface area contributed by atoms with E-state index in [9.17, 15) is 8.78 Å². The number of imidazole rings is 1. The van der Waals surface area contributed by atoms with E-state index in [0.717, 1.165) is 5.82 Å². The summed E-state index contributed by atoms with van der Waals surface area (Å²) >= 11 is 0. The molecule has 0 aliphatic rings. The highest BCUT2D eigenvalue weighted by Crippen LogP contribution is 2.25. The van der Waals surface area contributed by atoms with Gasteiger partial charge in [0.05, 0.1) is 0 Å². The van der Waals surface area contributed by atoms with Gasteiger partial charge < -0.3 is 9.88 Å². The van der Waals surface area contributed by atoms with Gasteiger partial charge in [0, 0.05) is 37.5 Å². The summed E-state index contributed by atoms with van der Waals surface area (Å²) in [6.45, 7) is 4.18. The molecule has 0 aliphatic heterocycles. The SMILES string of the molecule is CCNC(Cc1nccn1C)c1c(F)ccc(C)c1F. The van der Waals surface area contributed by atoms with E-state index in [1.807, 2.05) is 24.7 Å². The van der Waals surface area contributed by atoms with Crippen LogP contribution in [0.15, 0.2) is 24.5 Å². The second kappa shape index (κ2) is 6.13. The Kier molecular flexibility index (Phi) is 4.49. The number of nitrogens with one attached hydrogen (secondary N) is 1. The maximum absolute atomic E-state index is 14.3. The Morgan fingerprint density at radius 1 is 1.35 bits per heavy atom.